The molecule has 1 unspecified atom stereocenters. The molecule has 1 aliphatic heterocycles. The van der Waals surface area contributed by atoms with Gasteiger partial charge in [0, 0.05) is 25.6 Å². The number of nitrogens with one attached hydrogen (secondary N) is 2. The van der Waals surface area contributed by atoms with Crippen molar-refractivity contribution in [3.05, 3.63) is 60.2 Å². The summed E-state index contributed by atoms with van der Waals surface area (Å²) in [5.74, 6) is -1.08. The third-order valence-corrected chi connectivity index (χ3v) is 4.22. The number of amides is 3. The lowest BCUT2D eigenvalue weighted by atomic mass is 10.1. The number of carbonyl (C=O) groups excluding carboxylic acids is 3. The first-order valence-electron chi connectivity index (χ1n) is 8.80. The molecular weight excluding hydrogens is 358 g/mol. The first-order chi connectivity index (χ1) is 13.4. The number of hydrogen-bond donors (Lipinski definition) is 3. The van der Waals surface area contributed by atoms with E-state index in [0.717, 1.165) is 5.56 Å². The van der Waals surface area contributed by atoms with E-state index < -0.39 is 11.9 Å². The fourth-order valence-corrected chi connectivity index (χ4v) is 2.93. The molecule has 0 spiro atoms. The minimum atomic E-state index is -0.703. The van der Waals surface area contributed by atoms with Gasteiger partial charge in [-0.1, -0.05) is 30.3 Å². The van der Waals surface area contributed by atoms with E-state index in [-0.39, 0.29) is 30.5 Å². The van der Waals surface area contributed by atoms with Crippen molar-refractivity contribution in [2.24, 2.45) is 10.8 Å². The molecule has 8 nitrogen and oxygen atoms in total. The van der Waals surface area contributed by atoms with Gasteiger partial charge in [0.05, 0.1) is 5.69 Å². The number of benzene rings is 2. The zero-order valence-electron chi connectivity index (χ0n) is 15.4. The molecule has 0 bridgehead atoms. The summed E-state index contributed by atoms with van der Waals surface area (Å²) in [4.78, 5) is 35.5. The van der Waals surface area contributed by atoms with E-state index >= 15 is 0 Å². The van der Waals surface area contributed by atoms with Crippen molar-refractivity contribution in [1.29, 1.82) is 0 Å². The van der Waals surface area contributed by atoms with Gasteiger partial charge in [-0.25, -0.2) is 0 Å². The van der Waals surface area contributed by atoms with E-state index in [0.29, 0.717) is 11.4 Å². The second-order valence-corrected chi connectivity index (χ2v) is 6.41. The molecule has 3 rings (SSSR count). The zero-order valence-corrected chi connectivity index (χ0v) is 15.4. The van der Waals surface area contributed by atoms with E-state index in [4.69, 9.17) is 5.73 Å². The Labute approximate surface area is 162 Å². The van der Waals surface area contributed by atoms with Crippen LogP contribution in [0.2, 0.25) is 0 Å². The Kier molecular flexibility index (Phi) is 5.69. The van der Waals surface area contributed by atoms with Crippen LogP contribution in [0.15, 0.2) is 59.7 Å². The summed E-state index contributed by atoms with van der Waals surface area (Å²) in [7, 11) is 0. The summed E-state index contributed by atoms with van der Waals surface area (Å²) in [6, 6.07) is 15.6. The number of primary amides is 1. The van der Waals surface area contributed by atoms with Crippen molar-refractivity contribution in [1.82, 2.24) is 5.32 Å². The van der Waals surface area contributed by atoms with E-state index in [1.165, 1.54) is 11.9 Å². The van der Waals surface area contributed by atoms with Gasteiger partial charge in [-0.15, -0.1) is 0 Å². The molecule has 1 heterocycles. The highest BCUT2D eigenvalue weighted by molar-refractivity contribution is 6.40. The Balaban J connectivity index is 1.69. The molecule has 1 atom stereocenters. The molecule has 28 heavy (non-hydrogen) atoms. The third-order valence-electron chi connectivity index (χ3n) is 4.22. The van der Waals surface area contributed by atoms with Crippen molar-refractivity contribution < 1.29 is 14.4 Å². The number of anilines is 2. The fraction of sp³-hybridized carbons (Fsp3) is 0.200. The number of nitrogens with two attached hydrogens (primary N) is 1. The van der Waals surface area contributed by atoms with Gasteiger partial charge < -0.3 is 16.4 Å². The first kappa shape index (κ1) is 19.1. The number of carbonyl (C=O) groups is 3. The summed E-state index contributed by atoms with van der Waals surface area (Å²) >= 11 is 0. The highest BCUT2D eigenvalue weighted by Crippen LogP contribution is 2.24. The van der Waals surface area contributed by atoms with Crippen LogP contribution < -0.4 is 21.4 Å². The maximum absolute atomic E-state index is 12.5. The van der Waals surface area contributed by atoms with E-state index in [9.17, 15) is 14.4 Å². The molecule has 0 saturated heterocycles. The van der Waals surface area contributed by atoms with Crippen LogP contribution in [-0.4, -0.2) is 29.5 Å². The van der Waals surface area contributed by atoms with Crippen LogP contribution in [-0.2, 0) is 20.9 Å². The Bertz CT molecular complexity index is 926. The Hall–Kier alpha value is -3.68. The van der Waals surface area contributed by atoms with Gasteiger partial charge in [0.15, 0.2) is 0 Å². The second-order valence-electron chi connectivity index (χ2n) is 6.41. The average Bonchev–Trinajstić information content (AvgIpc) is 3.12. The van der Waals surface area contributed by atoms with Gasteiger partial charge in [0.2, 0.25) is 11.8 Å². The van der Waals surface area contributed by atoms with E-state index in [1.54, 1.807) is 30.3 Å². The number of hydrazone groups is 1. The maximum atomic E-state index is 12.5. The molecule has 1 aliphatic rings. The van der Waals surface area contributed by atoms with Crippen molar-refractivity contribution in [3.8, 4) is 0 Å². The Morgan fingerprint density at radius 3 is 2.57 bits per heavy atom. The fourth-order valence-electron chi connectivity index (χ4n) is 2.93. The molecule has 8 heteroatoms. The SMILES string of the molecule is CC(=O)Nc1cccc(CNC(=O)C2=NN(c3ccccc3)C(C(N)=O)C2)c1. The van der Waals surface area contributed by atoms with Crippen molar-refractivity contribution >= 4 is 34.8 Å². The number of rotatable bonds is 6. The Morgan fingerprint density at radius 2 is 1.89 bits per heavy atom. The van der Waals surface area contributed by atoms with Gasteiger partial charge in [-0.2, -0.15) is 5.10 Å². The molecule has 2 aromatic rings. The number of hydrogen-bond acceptors (Lipinski definition) is 5. The highest BCUT2D eigenvalue weighted by atomic mass is 16.2. The van der Waals surface area contributed by atoms with Crippen LogP contribution in [0.1, 0.15) is 18.9 Å². The lowest BCUT2D eigenvalue weighted by molar-refractivity contribution is -0.119. The standard InChI is InChI=1S/C20H21N5O3/c1-13(26)23-15-7-5-6-14(10-15)12-22-20(28)17-11-18(19(21)27)25(24-17)16-8-3-2-4-9-16/h2-10,18H,11-12H2,1H3,(H2,21,27)(H,22,28)(H,23,26). The minimum Gasteiger partial charge on any atom is -0.368 e. The van der Waals surface area contributed by atoms with Crippen LogP contribution in [0.25, 0.3) is 0 Å². The van der Waals surface area contributed by atoms with Crippen LogP contribution >= 0.6 is 0 Å². The molecule has 0 saturated carbocycles. The van der Waals surface area contributed by atoms with Crippen LogP contribution in [0.5, 0.6) is 0 Å². The Morgan fingerprint density at radius 1 is 1.14 bits per heavy atom. The molecule has 0 fully saturated rings. The maximum Gasteiger partial charge on any atom is 0.267 e. The molecule has 4 N–H and O–H groups in total. The zero-order chi connectivity index (χ0) is 20.1. The average molecular weight is 379 g/mol. The molecule has 2 aromatic carbocycles. The summed E-state index contributed by atoms with van der Waals surface area (Å²) < 4.78 is 0. The van der Waals surface area contributed by atoms with Crippen LogP contribution in [0, 0.1) is 0 Å². The van der Waals surface area contributed by atoms with E-state index in [2.05, 4.69) is 15.7 Å². The predicted molar refractivity (Wildman–Crippen MR) is 107 cm³/mol. The minimum absolute atomic E-state index is 0.141. The van der Waals surface area contributed by atoms with Crippen molar-refractivity contribution in [2.45, 2.75) is 25.9 Å². The van der Waals surface area contributed by atoms with Gasteiger partial charge in [-0.05, 0) is 29.8 Å². The smallest absolute Gasteiger partial charge is 0.267 e. The van der Waals surface area contributed by atoms with Crippen molar-refractivity contribution in [3.63, 3.8) is 0 Å². The normalized spacial score (nSPS) is 15.7. The van der Waals surface area contributed by atoms with E-state index in [1.807, 2.05) is 24.3 Å². The molecule has 0 aromatic heterocycles. The highest BCUT2D eigenvalue weighted by Gasteiger charge is 2.34. The van der Waals surface area contributed by atoms with Gasteiger partial charge in [-0.3, -0.25) is 19.4 Å². The summed E-state index contributed by atoms with van der Waals surface area (Å²) in [5.41, 5.74) is 7.90. The molecule has 0 radical (unpaired) electrons. The second kappa shape index (κ2) is 8.34. The predicted octanol–water partition coefficient (Wildman–Crippen LogP) is 1.38. The lowest BCUT2D eigenvalue weighted by Gasteiger charge is -2.20. The number of nitrogens with zero attached hydrogens (tertiary/aromatic N) is 2. The third kappa shape index (κ3) is 4.53. The van der Waals surface area contributed by atoms with Crippen LogP contribution in [0.3, 0.4) is 0 Å². The number of para-hydroxylation sites is 1. The molecular formula is C20H21N5O3. The lowest BCUT2D eigenvalue weighted by Crippen LogP contribution is -2.39. The topological polar surface area (TPSA) is 117 Å². The quantitative estimate of drug-likeness (QED) is 0.703. The molecule has 0 aliphatic carbocycles. The van der Waals surface area contributed by atoms with Gasteiger partial charge >= 0.3 is 0 Å². The van der Waals surface area contributed by atoms with Crippen molar-refractivity contribution in [2.75, 3.05) is 10.3 Å². The summed E-state index contributed by atoms with van der Waals surface area (Å²) in [5, 5.41) is 11.3. The monoisotopic (exact) mass is 379 g/mol. The van der Waals surface area contributed by atoms with Gasteiger partial charge in [0.1, 0.15) is 11.8 Å². The summed E-state index contributed by atoms with van der Waals surface area (Å²) in [6.45, 7) is 1.69. The molecule has 3 amide bonds. The largest absolute Gasteiger partial charge is 0.368 e. The van der Waals surface area contributed by atoms with Crippen LogP contribution in [0.4, 0.5) is 11.4 Å². The van der Waals surface area contributed by atoms with Gasteiger partial charge in [0.25, 0.3) is 5.91 Å². The molecule has 144 valence electrons. The first-order valence-corrected chi connectivity index (χ1v) is 8.80. The summed E-state index contributed by atoms with van der Waals surface area (Å²) in [6.07, 6.45) is 0.141.